The lowest BCUT2D eigenvalue weighted by atomic mass is 10.1. The van der Waals surface area contributed by atoms with E-state index < -0.39 is 0 Å². The van der Waals surface area contributed by atoms with E-state index in [1.165, 1.54) is 11.1 Å². The maximum Gasteiger partial charge on any atom is 0.0957 e. The predicted octanol–water partition coefficient (Wildman–Crippen LogP) is 3.64. The van der Waals surface area contributed by atoms with Gasteiger partial charge < -0.3 is 4.20 Å². The average Bonchev–Trinajstić information content (AvgIpc) is 2.34. The van der Waals surface area contributed by atoms with E-state index in [9.17, 15) is 0 Å². The summed E-state index contributed by atoms with van der Waals surface area (Å²) < 4.78 is 6.81. The lowest BCUT2D eigenvalue weighted by molar-refractivity contribution is 0.702. The summed E-state index contributed by atoms with van der Waals surface area (Å²) in [4.78, 5) is 0. The first-order chi connectivity index (χ1) is 6.97. The van der Waals surface area contributed by atoms with Gasteiger partial charge in [0.25, 0.3) is 0 Å². The van der Waals surface area contributed by atoms with E-state index in [2.05, 4.69) is 48.5 Å². The van der Waals surface area contributed by atoms with Gasteiger partial charge in [-0.05, 0) is 11.1 Å². The van der Waals surface area contributed by atoms with E-state index in [-0.39, 0.29) is 0 Å². The van der Waals surface area contributed by atoms with Crippen molar-refractivity contribution in [2.75, 3.05) is 0 Å². The number of hydrogen-bond donors (Lipinski definition) is 1. The molecule has 2 aromatic carbocycles. The van der Waals surface area contributed by atoms with Gasteiger partial charge in [0.2, 0.25) is 0 Å². The van der Waals surface area contributed by atoms with E-state index in [1.54, 1.807) is 0 Å². The molecule has 0 saturated heterocycles. The first-order valence-electron chi connectivity index (χ1n) is 4.24. The lowest BCUT2D eigenvalue weighted by Crippen LogP contribution is -1.73. The summed E-state index contributed by atoms with van der Waals surface area (Å²) in [5.74, 6) is 0. The molecule has 0 aliphatic rings. The van der Waals surface area contributed by atoms with Crippen molar-refractivity contribution in [3.63, 3.8) is 0 Å². The molecule has 0 atom stereocenters. The van der Waals surface area contributed by atoms with Gasteiger partial charge in [-0.3, -0.25) is 0 Å². The molecule has 1 nitrogen and oxygen atoms in total. The zero-order valence-corrected chi connectivity index (χ0v) is 9.18. The molecule has 0 saturated carbocycles. The molecule has 0 spiro atoms. The Kier molecular flexibility index (Phi) is 4.97. The molecular weight excluding hydrogens is 240 g/mol. The van der Waals surface area contributed by atoms with E-state index in [4.69, 9.17) is 4.20 Å². The minimum atomic E-state index is 1.28. The zero-order chi connectivity index (χ0) is 10.2. The van der Waals surface area contributed by atoms with Gasteiger partial charge in [0.15, 0.2) is 0 Å². The Hall–Kier alpha value is -1.12. The van der Waals surface area contributed by atoms with Gasteiger partial charge in [-0.15, -0.1) is 0 Å². The van der Waals surface area contributed by atoms with Crippen molar-refractivity contribution in [1.82, 2.24) is 0 Å². The van der Waals surface area contributed by atoms with Crippen LogP contribution in [0.4, 0.5) is 0 Å². The summed E-state index contributed by atoms with van der Waals surface area (Å²) in [6, 6.07) is 20.8. The summed E-state index contributed by atoms with van der Waals surface area (Å²) >= 11 is 1.94. The first-order valence-corrected chi connectivity index (χ1v) is 4.95. The quantitative estimate of drug-likeness (QED) is 0.820. The molecule has 72 valence electrons. The van der Waals surface area contributed by atoms with Crippen molar-refractivity contribution in [2.24, 2.45) is 0 Å². The Bertz CT molecular complexity index is 308. The second kappa shape index (κ2) is 6.35. The Labute approximate surface area is 92.5 Å². The predicted molar refractivity (Wildman–Crippen MR) is 63.0 cm³/mol. The van der Waals surface area contributed by atoms with Gasteiger partial charge in [0.05, 0.1) is 16.3 Å². The normalized spacial score (nSPS) is 8.71. The topological polar surface area (TPSA) is 20.2 Å². The highest BCUT2D eigenvalue weighted by Gasteiger charge is 1.91. The van der Waals surface area contributed by atoms with Crippen LogP contribution in [0.5, 0.6) is 0 Å². The number of rotatable bonds is 1. The van der Waals surface area contributed by atoms with E-state index in [1.807, 2.05) is 28.4 Å². The Morgan fingerprint density at radius 1 is 0.571 bits per heavy atom. The van der Waals surface area contributed by atoms with Crippen LogP contribution in [0.2, 0.25) is 0 Å². The molecule has 0 amide bonds. The molecule has 2 heteroatoms. The fourth-order valence-electron chi connectivity index (χ4n) is 1.26. The molecule has 2 rings (SSSR count). The Morgan fingerprint density at radius 3 is 1.14 bits per heavy atom. The standard InChI is InChI=1S/C12H10.BrHO/c1-3-7-11(8-4-1)12-9-5-2-6-10-12;1-2/h1-10H;2H. The maximum atomic E-state index is 6.81. The maximum absolute atomic E-state index is 6.81. The molecule has 0 heterocycles. The van der Waals surface area contributed by atoms with Crippen molar-refractivity contribution in [3.05, 3.63) is 60.7 Å². The van der Waals surface area contributed by atoms with Gasteiger partial charge >= 0.3 is 0 Å². The highest BCUT2D eigenvalue weighted by molar-refractivity contribution is 9.05. The molecular formula is C12H11BrO. The smallest absolute Gasteiger partial charge is 0.0957 e. The van der Waals surface area contributed by atoms with Crippen LogP contribution in [0.1, 0.15) is 0 Å². The third kappa shape index (κ3) is 2.98. The summed E-state index contributed by atoms with van der Waals surface area (Å²) in [5, 5.41) is 0. The molecule has 14 heavy (non-hydrogen) atoms. The van der Waals surface area contributed by atoms with Crippen LogP contribution in [0.25, 0.3) is 11.1 Å². The summed E-state index contributed by atoms with van der Waals surface area (Å²) in [7, 11) is 0. The number of halogens is 1. The third-order valence-corrected chi connectivity index (χ3v) is 1.88. The first kappa shape index (κ1) is 11.0. The van der Waals surface area contributed by atoms with Crippen LogP contribution < -0.4 is 0 Å². The second-order valence-electron chi connectivity index (χ2n) is 2.73. The van der Waals surface area contributed by atoms with Crippen LogP contribution in [0.15, 0.2) is 60.7 Å². The molecule has 0 unspecified atom stereocenters. The van der Waals surface area contributed by atoms with Crippen molar-refractivity contribution >= 4 is 16.3 Å². The molecule has 0 radical (unpaired) electrons. The van der Waals surface area contributed by atoms with Gasteiger partial charge in [0, 0.05) is 0 Å². The SMILES string of the molecule is OBr.c1ccc(-c2ccccc2)cc1. The van der Waals surface area contributed by atoms with Crippen LogP contribution in [0.3, 0.4) is 0 Å². The van der Waals surface area contributed by atoms with Crippen LogP contribution in [0, 0.1) is 0 Å². The van der Waals surface area contributed by atoms with Crippen molar-refractivity contribution in [1.29, 1.82) is 0 Å². The van der Waals surface area contributed by atoms with E-state index >= 15 is 0 Å². The fraction of sp³-hybridized carbons (Fsp3) is 0. The highest BCUT2D eigenvalue weighted by Crippen LogP contribution is 2.17. The molecule has 2 aromatic rings. The molecule has 0 bridgehead atoms. The van der Waals surface area contributed by atoms with Crippen LogP contribution in [-0.2, 0) is 0 Å². The number of benzene rings is 2. The van der Waals surface area contributed by atoms with E-state index in [0.717, 1.165) is 0 Å². The van der Waals surface area contributed by atoms with Crippen LogP contribution >= 0.6 is 16.3 Å². The van der Waals surface area contributed by atoms with Gasteiger partial charge in [-0.2, -0.15) is 0 Å². The molecule has 0 aliphatic heterocycles. The average molecular weight is 251 g/mol. The minimum Gasteiger partial charge on any atom is -0.324 e. The Morgan fingerprint density at radius 2 is 0.857 bits per heavy atom. The second-order valence-corrected chi connectivity index (χ2v) is 2.73. The van der Waals surface area contributed by atoms with Crippen molar-refractivity contribution < 1.29 is 4.20 Å². The van der Waals surface area contributed by atoms with Crippen molar-refractivity contribution in [2.45, 2.75) is 0 Å². The van der Waals surface area contributed by atoms with E-state index in [0.29, 0.717) is 0 Å². The molecule has 1 N–H and O–H groups in total. The minimum absolute atomic E-state index is 1.28. The van der Waals surface area contributed by atoms with Gasteiger partial charge in [-0.25, -0.2) is 0 Å². The zero-order valence-electron chi connectivity index (χ0n) is 7.60. The van der Waals surface area contributed by atoms with Crippen LogP contribution in [-0.4, -0.2) is 4.20 Å². The lowest BCUT2D eigenvalue weighted by Gasteiger charge is -1.98. The molecule has 0 aromatic heterocycles. The highest BCUT2D eigenvalue weighted by atomic mass is 79.9. The largest absolute Gasteiger partial charge is 0.324 e. The Balaban J connectivity index is 0.000000461. The summed E-state index contributed by atoms with van der Waals surface area (Å²) in [6.45, 7) is 0. The number of hydrogen-bond acceptors (Lipinski definition) is 1. The molecule has 0 aliphatic carbocycles. The third-order valence-electron chi connectivity index (χ3n) is 1.88. The van der Waals surface area contributed by atoms with Gasteiger partial charge in [0.1, 0.15) is 0 Å². The summed E-state index contributed by atoms with van der Waals surface area (Å²) in [5.41, 5.74) is 2.55. The van der Waals surface area contributed by atoms with Gasteiger partial charge in [-0.1, -0.05) is 60.7 Å². The fourth-order valence-corrected chi connectivity index (χ4v) is 1.26. The monoisotopic (exact) mass is 250 g/mol. The molecule has 0 fully saturated rings. The van der Waals surface area contributed by atoms with Crippen molar-refractivity contribution in [3.8, 4) is 11.1 Å². The summed E-state index contributed by atoms with van der Waals surface area (Å²) in [6.07, 6.45) is 0.